The van der Waals surface area contributed by atoms with Crippen LogP contribution in [0.25, 0.3) is 0 Å². The highest BCUT2D eigenvalue weighted by molar-refractivity contribution is 5.97. The van der Waals surface area contributed by atoms with E-state index in [1.165, 1.54) is 6.20 Å². The molecule has 0 radical (unpaired) electrons. The predicted octanol–water partition coefficient (Wildman–Crippen LogP) is 1.27. The zero-order chi connectivity index (χ0) is 18.4. The molecule has 1 saturated heterocycles. The maximum Gasteiger partial charge on any atom is 0.303 e. The van der Waals surface area contributed by atoms with Crippen LogP contribution in [0.2, 0.25) is 0 Å². The third kappa shape index (κ3) is 7.01. The van der Waals surface area contributed by atoms with Gasteiger partial charge in [0.1, 0.15) is 11.6 Å². The molecule has 24 heavy (non-hydrogen) atoms. The second-order valence-electron chi connectivity index (χ2n) is 7.59. The fourth-order valence-corrected chi connectivity index (χ4v) is 3.33. The Hall–Kier alpha value is -2.07. The molecule has 7 heteroatoms. The number of carboxylic acid groups (broad SMARTS) is 1. The largest absolute Gasteiger partial charge is 0.481 e. The number of nitriles is 1. The van der Waals surface area contributed by atoms with Crippen molar-refractivity contribution in [2.45, 2.75) is 70.5 Å². The van der Waals surface area contributed by atoms with E-state index in [0.29, 0.717) is 6.42 Å². The van der Waals surface area contributed by atoms with Gasteiger partial charge in [0.15, 0.2) is 0 Å². The lowest BCUT2D eigenvalue weighted by atomic mass is 9.80. The van der Waals surface area contributed by atoms with Crippen LogP contribution in [-0.4, -0.2) is 40.6 Å². The molecular weight excluding hydrogens is 308 g/mol. The molecule has 0 aromatic heterocycles. The molecule has 1 aliphatic heterocycles. The van der Waals surface area contributed by atoms with Crippen molar-refractivity contribution in [3.05, 3.63) is 11.8 Å². The summed E-state index contributed by atoms with van der Waals surface area (Å²) in [6, 6.07) is 2.05. The van der Waals surface area contributed by atoms with Crippen LogP contribution in [0.4, 0.5) is 0 Å². The summed E-state index contributed by atoms with van der Waals surface area (Å²) in [5, 5.41) is 27.0. The van der Waals surface area contributed by atoms with Gasteiger partial charge in [0.05, 0.1) is 0 Å². The fourth-order valence-electron chi connectivity index (χ4n) is 3.33. The van der Waals surface area contributed by atoms with E-state index in [2.05, 4.69) is 43.6 Å². The van der Waals surface area contributed by atoms with Crippen molar-refractivity contribution in [1.82, 2.24) is 16.0 Å². The zero-order valence-electron chi connectivity index (χ0n) is 14.9. The summed E-state index contributed by atoms with van der Waals surface area (Å²) >= 11 is 0. The number of hydrogen-bond acceptors (Lipinski definition) is 5. The van der Waals surface area contributed by atoms with Crippen LogP contribution in [-0.2, 0) is 9.59 Å². The summed E-state index contributed by atoms with van der Waals surface area (Å²) in [5.41, 5.74) is -0.0577. The van der Waals surface area contributed by atoms with Crippen LogP contribution in [0, 0.1) is 11.3 Å². The van der Waals surface area contributed by atoms with E-state index < -0.39 is 11.9 Å². The van der Waals surface area contributed by atoms with Gasteiger partial charge in [-0.2, -0.15) is 5.26 Å². The molecule has 4 N–H and O–H groups in total. The number of carboxylic acids is 1. The van der Waals surface area contributed by atoms with Gasteiger partial charge in [0.25, 0.3) is 5.91 Å². The Morgan fingerprint density at radius 3 is 2.38 bits per heavy atom. The Morgan fingerprint density at radius 2 is 1.88 bits per heavy atom. The minimum Gasteiger partial charge on any atom is -0.481 e. The van der Waals surface area contributed by atoms with E-state index in [1.54, 1.807) is 0 Å². The highest BCUT2D eigenvalue weighted by Gasteiger charge is 2.37. The van der Waals surface area contributed by atoms with Crippen LogP contribution in [0.15, 0.2) is 11.8 Å². The third-order valence-electron chi connectivity index (χ3n) is 3.87. The number of piperidine rings is 1. The molecule has 1 amide bonds. The van der Waals surface area contributed by atoms with Crippen molar-refractivity contribution in [3.63, 3.8) is 0 Å². The molecule has 0 atom stereocenters. The number of aliphatic carboxylic acids is 1. The lowest BCUT2D eigenvalue weighted by Gasteiger charge is -2.46. The molecule has 0 saturated carbocycles. The quantitative estimate of drug-likeness (QED) is 0.316. The maximum atomic E-state index is 11.9. The van der Waals surface area contributed by atoms with Crippen molar-refractivity contribution >= 4 is 11.9 Å². The smallest absolute Gasteiger partial charge is 0.303 e. The monoisotopic (exact) mass is 336 g/mol. The Bertz CT molecular complexity index is 531. The molecule has 134 valence electrons. The van der Waals surface area contributed by atoms with Gasteiger partial charge in [0.2, 0.25) is 0 Å². The highest BCUT2D eigenvalue weighted by atomic mass is 16.4. The number of amides is 1. The molecular formula is C17H28N4O3. The van der Waals surface area contributed by atoms with Crippen molar-refractivity contribution in [2.24, 2.45) is 0 Å². The number of nitrogens with one attached hydrogen (secondary N) is 3. The van der Waals surface area contributed by atoms with E-state index in [0.717, 1.165) is 12.8 Å². The summed E-state index contributed by atoms with van der Waals surface area (Å²) < 4.78 is 0. The van der Waals surface area contributed by atoms with Crippen LogP contribution >= 0.6 is 0 Å². The molecule has 1 fully saturated rings. The summed E-state index contributed by atoms with van der Waals surface area (Å²) in [4.78, 5) is 22.4. The van der Waals surface area contributed by atoms with Crippen LogP contribution in [0.5, 0.6) is 0 Å². The molecule has 0 aromatic rings. The molecule has 1 rings (SSSR count). The van der Waals surface area contributed by atoms with Crippen LogP contribution in [0.1, 0.15) is 53.4 Å². The number of carbonyl (C=O) groups is 2. The first-order chi connectivity index (χ1) is 11.0. The Morgan fingerprint density at radius 1 is 1.29 bits per heavy atom. The molecule has 0 bridgehead atoms. The van der Waals surface area contributed by atoms with Gasteiger partial charge in [-0.3, -0.25) is 9.59 Å². The number of carbonyl (C=O) groups excluding carboxylic acids is 1. The average Bonchev–Trinajstić information content (AvgIpc) is 2.40. The molecule has 0 aromatic carbocycles. The van der Waals surface area contributed by atoms with E-state index >= 15 is 0 Å². The lowest BCUT2D eigenvalue weighted by Crippen LogP contribution is -2.61. The van der Waals surface area contributed by atoms with Crippen LogP contribution in [0.3, 0.4) is 0 Å². The van der Waals surface area contributed by atoms with Gasteiger partial charge in [0, 0.05) is 36.3 Å². The number of hydrogen-bond donors (Lipinski definition) is 4. The highest BCUT2D eigenvalue weighted by Crippen LogP contribution is 2.28. The Kier molecular flexibility index (Phi) is 6.79. The standard InChI is InChI=1S/C17H28N4O3/c1-16(2)8-13(9-17(3,4)21-16)20-11-12(10-18)15(24)19-7-5-6-14(22)23/h11,13,20-21H,5-9H2,1-4H3,(H,19,24)(H,22,23)/b12-11-. The third-order valence-corrected chi connectivity index (χ3v) is 3.87. The van der Waals surface area contributed by atoms with Gasteiger partial charge >= 0.3 is 5.97 Å². The summed E-state index contributed by atoms with van der Waals surface area (Å²) in [7, 11) is 0. The second-order valence-corrected chi connectivity index (χ2v) is 7.59. The van der Waals surface area contributed by atoms with Crippen LogP contribution < -0.4 is 16.0 Å². The lowest BCUT2D eigenvalue weighted by molar-refractivity contribution is -0.137. The molecule has 0 spiro atoms. The van der Waals surface area contributed by atoms with E-state index in [1.807, 2.05) is 6.07 Å². The van der Waals surface area contributed by atoms with E-state index in [-0.39, 0.29) is 35.7 Å². The molecule has 1 aliphatic rings. The van der Waals surface area contributed by atoms with Gasteiger partial charge in [-0.05, 0) is 47.0 Å². The first kappa shape index (κ1) is 20.0. The number of rotatable bonds is 7. The first-order valence-corrected chi connectivity index (χ1v) is 8.20. The minimum absolute atomic E-state index is 0.000491. The summed E-state index contributed by atoms with van der Waals surface area (Å²) in [5.74, 6) is -1.39. The Labute approximate surface area is 143 Å². The average molecular weight is 336 g/mol. The maximum absolute atomic E-state index is 11.9. The molecule has 7 nitrogen and oxygen atoms in total. The first-order valence-electron chi connectivity index (χ1n) is 8.20. The zero-order valence-corrected chi connectivity index (χ0v) is 14.9. The second kappa shape index (κ2) is 8.15. The van der Waals surface area contributed by atoms with Gasteiger partial charge < -0.3 is 21.1 Å². The SMILES string of the molecule is CC1(C)CC(N/C=C(/C#N)C(=O)NCCCC(=O)O)CC(C)(C)N1. The molecule has 0 aliphatic carbocycles. The van der Waals surface area contributed by atoms with E-state index in [9.17, 15) is 9.59 Å². The number of nitrogens with zero attached hydrogens (tertiary/aromatic N) is 1. The van der Waals surface area contributed by atoms with E-state index in [4.69, 9.17) is 10.4 Å². The minimum atomic E-state index is -0.905. The fraction of sp³-hybridized carbons (Fsp3) is 0.706. The van der Waals surface area contributed by atoms with Gasteiger partial charge in [-0.15, -0.1) is 0 Å². The van der Waals surface area contributed by atoms with Gasteiger partial charge in [-0.25, -0.2) is 0 Å². The topological polar surface area (TPSA) is 114 Å². The Balaban J connectivity index is 2.57. The predicted molar refractivity (Wildman–Crippen MR) is 91.0 cm³/mol. The van der Waals surface area contributed by atoms with Crippen molar-refractivity contribution < 1.29 is 14.7 Å². The molecule has 0 unspecified atom stereocenters. The van der Waals surface area contributed by atoms with Crippen molar-refractivity contribution in [3.8, 4) is 6.07 Å². The van der Waals surface area contributed by atoms with Crippen molar-refractivity contribution in [1.29, 1.82) is 5.26 Å². The summed E-state index contributed by atoms with van der Waals surface area (Å²) in [6.07, 6.45) is 3.56. The normalized spacial score (nSPS) is 20.0. The molecule has 1 heterocycles. The summed E-state index contributed by atoms with van der Waals surface area (Å²) in [6.45, 7) is 8.76. The van der Waals surface area contributed by atoms with Crippen molar-refractivity contribution in [2.75, 3.05) is 6.54 Å². The van der Waals surface area contributed by atoms with Gasteiger partial charge in [-0.1, -0.05) is 0 Å².